The molecule has 1 fully saturated rings. The fraction of sp³-hybridized carbons (Fsp3) is 0.417. The van der Waals surface area contributed by atoms with Crippen molar-refractivity contribution in [3.8, 4) is 11.9 Å². The van der Waals surface area contributed by atoms with Crippen LogP contribution in [0.2, 0.25) is 0 Å². The van der Waals surface area contributed by atoms with E-state index in [2.05, 4.69) is 40.3 Å². The highest BCUT2D eigenvalue weighted by molar-refractivity contribution is 5.78. The van der Waals surface area contributed by atoms with Crippen molar-refractivity contribution in [1.29, 1.82) is 5.26 Å². The lowest BCUT2D eigenvalue weighted by Crippen LogP contribution is -2.28. The fourth-order valence-electron chi connectivity index (χ4n) is 4.07. The summed E-state index contributed by atoms with van der Waals surface area (Å²) in [6.07, 6.45) is 9.09. The van der Waals surface area contributed by atoms with Crippen LogP contribution in [0.4, 0.5) is 15.8 Å². The summed E-state index contributed by atoms with van der Waals surface area (Å²) in [7, 11) is 0. The first-order chi connectivity index (χ1) is 16.3. The summed E-state index contributed by atoms with van der Waals surface area (Å²) >= 11 is 0. The first kappa shape index (κ1) is 23.4. The number of nitrogens with zero attached hydrogens (tertiary/aromatic N) is 6. The van der Waals surface area contributed by atoms with E-state index in [1.165, 1.54) is 11.2 Å². The van der Waals surface area contributed by atoms with Crippen LogP contribution in [0.15, 0.2) is 42.6 Å². The van der Waals surface area contributed by atoms with Crippen LogP contribution in [0.25, 0.3) is 16.9 Å². The topological polar surface area (TPSA) is 135 Å². The molecule has 3 aromatic heterocycles. The summed E-state index contributed by atoms with van der Waals surface area (Å²) in [6.45, 7) is 4.29. The minimum atomic E-state index is -0.809. The summed E-state index contributed by atoms with van der Waals surface area (Å²) in [6, 6.07) is 5.62. The molecule has 178 valence electrons. The Labute approximate surface area is 198 Å². The van der Waals surface area contributed by atoms with Crippen LogP contribution in [0.5, 0.6) is 0 Å². The summed E-state index contributed by atoms with van der Waals surface area (Å²) in [5.74, 6) is 7.42. The molecule has 4 rings (SSSR count). The second-order valence-electron chi connectivity index (χ2n) is 9.16. The van der Waals surface area contributed by atoms with E-state index in [9.17, 15) is 4.39 Å². The summed E-state index contributed by atoms with van der Waals surface area (Å²) in [5.41, 5.74) is 9.23. The van der Waals surface area contributed by atoms with Gasteiger partial charge in [-0.05, 0) is 44.1 Å². The van der Waals surface area contributed by atoms with E-state index >= 15 is 0 Å². The molecule has 0 radical (unpaired) electrons. The highest BCUT2D eigenvalue weighted by Gasteiger charge is 2.25. The molecule has 3 heterocycles. The third kappa shape index (κ3) is 5.26. The molecule has 3 aromatic rings. The predicted octanol–water partition coefficient (Wildman–Crippen LogP) is 3.91. The van der Waals surface area contributed by atoms with Crippen LogP contribution in [0, 0.1) is 17.2 Å². The van der Waals surface area contributed by atoms with Crippen LogP contribution in [-0.2, 0) is 0 Å². The monoisotopic (exact) mass is 463 g/mol. The first-order valence-electron chi connectivity index (χ1n) is 11.5. The number of rotatable bonds is 8. The highest BCUT2D eigenvalue weighted by Crippen LogP contribution is 2.32. The quantitative estimate of drug-likeness (QED) is 0.338. The van der Waals surface area contributed by atoms with Crippen molar-refractivity contribution in [2.24, 2.45) is 17.5 Å². The molecule has 2 unspecified atom stereocenters. The van der Waals surface area contributed by atoms with E-state index in [4.69, 9.17) is 16.8 Å². The van der Waals surface area contributed by atoms with Crippen molar-refractivity contribution in [2.75, 3.05) is 10.3 Å². The maximum atomic E-state index is 13.8. The lowest BCUT2D eigenvalue weighted by molar-refractivity contribution is 0.341. The van der Waals surface area contributed by atoms with Gasteiger partial charge in [-0.25, -0.2) is 20.2 Å². The third-order valence-corrected chi connectivity index (χ3v) is 5.94. The molecule has 34 heavy (non-hydrogen) atoms. The highest BCUT2D eigenvalue weighted by atomic mass is 19.1. The second-order valence-corrected chi connectivity index (χ2v) is 9.16. The Hall–Kier alpha value is -3.71. The number of hydrogen-bond donors (Lipinski definition) is 3. The number of nitrogens with two attached hydrogens (primary N) is 2. The molecule has 5 N–H and O–H groups in total. The zero-order valence-corrected chi connectivity index (χ0v) is 19.4. The maximum Gasteiger partial charge on any atom is 0.164 e. The van der Waals surface area contributed by atoms with Gasteiger partial charge in [0.2, 0.25) is 0 Å². The van der Waals surface area contributed by atoms with E-state index in [1.54, 1.807) is 29.3 Å². The number of anilines is 2. The van der Waals surface area contributed by atoms with Gasteiger partial charge in [0.05, 0.1) is 29.3 Å². The zero-order chi connectivity index (χ0) is 24.2. The molecule has 0 bridgehead atoms. The number of hydrogen-bond acceptors (Lipinski definition) is 8. The molecule has 0 aromatic carbocycles. The van der Waals surface area contributed by atoms with Crippen molar-refractivity contribution in [1.82, 2.24) is 19.7 Å². The molecule has 1 aliphatic carbocycles. The van der Waals surface area contributed by atoms with Crippen LogP contribution in [0.1, 0.15) is 51.5 Å². The second kappa shape index (κ2) is 10.1. The van der Waals surface area contributed by atoms with Gasteiger partial charge >= 0.3 is 0 Å². The lowest BCUT2D eigenvalue weighted by Gasteiger charge is -2.23. The average Bonchev–Trinajstić information content (AvgIpc) is 3.42. The number of nitrogens with one attached hydrogen (secondary N) is 1. The average molecular weight is 464 g/mol. The lowest BCUT2D eigenvalue weighted by atomic mass is 10.1. The van der Waals surface area contributed by atoms with Crippen molar-refractivity contribution < 1.29 is 4.39 Å². The van der Waals surface area contributed by atoms with E-state index in [-0.39, 0.29) is 6.04 Å². The number of nitriles is 1. The predicted molar refractivity (Wildman–Crippen MR) is 131 cm³/mol. The van der Waals surface area contributed by atoms with Gasteiger partial charge in [0.15, 0.2) is 11.5 Å². The van der Waals surface area contributed by atoms with E-state index in [0.717, 1.165) is 24.6 Å². The van der Waals surface area contributed by atoms with Crippen molar-refractivity contribution >= 4 is 22.4 Å². The number of pyridine rings is 2. The van der Waals surface area contributed by atoms with E-state index in [1.807, 2.05) is 6.07 Å². The number of aromatic nitrogens is 4. The summed E-state index contributed by atoms with van der Waals surface area (Å²) in [5, 5.41) is 19.2. The number of fused-ring (bicyclic) bond motifs is 1. The molecule has 1 aliphatic rings. The van der Waals surface area contributed by atoms with Crippen LogP contribution in [-0.4, -0.2) is 32.0 Å². The molecule has 1 saturated carbocycles. The minimum absolute atomic E-state index is 0.00894. The van der Waals surface area contributed by atoms with Gasteiger partial charge in [-0.15, -0.1) is 0 Å². The molecule has 0 aliphatic heterocycles. The SMILES string of the molecule is CC(C)CC/C(N)=C/N(N)c1cnc(-n2ncc3cc(C#N)cnc32)cc1NC1CCC(F)C1. The Balaban J connectivity index is 1.68. The third-order valence-electron chi connectivity index (χ3n) is 5.94. The number of allylic oxidation sites excluding steroid dienone is 1. The molecule has 0 spiro atoms. The van der Waals surface area contributed by atoms with Gasteiger partial charge in [0.25, 0.3) is 0 Å². The smallest absolute Gasteiger partial charge is 0.164 e. The Kier molecular flexibility index (Phi) is 6.93. The standard InChI is InChI=1S/C24H30FN9/c1-15(2)3-5-19(27)14-33(28)22-13-29-23(9-21(22)32-20-6-4-18(25)8-20)34-24-17(12-31-34)7-16(10-26)11-30-24/h7,9,11-15,18,20H,3-6,8,27-28H2,1-2H3,(H,29,32)/b19-14-. The van der Waals surface area contributed by atoms with Gasteiger partial charge in [-0.2, -0.15) is 15.0 Å². The number of hydrazine groups is 1. The molecular weight excluding hydrogens is 433 g/mol. The van der Waals surface area contributed by atoms with Gasteiger partial charge in [0.1, 0.15) is 12.2 Å². The molecule has 9 nitrogen and oxygen atoms in total. The Morgan fingerprint density at radius 2 is 2.15 bits per heavy atom. The summed E-state index contributed by atoms with van der Waals surface area (Å²) in [4.78, 5) is 8.93. The van der Waals surface area contributed by atoms with Gasteiger partial charge < -0.3 is 11.1 Å². The molecular formula is C24H30FN9. The Morgan fingerprint density at radius 1 is 1.32 bits per heavy atom. The molecule has 0 saturated heterocycles. The maximum absolute atomic E-state index is 13.8. The number of alkyl halides is 1. The van der Waals surface area contributed by atoms with Crippen molar-refractivity contribution in [3.05, 3.63) is 48.2 Å². The first-order valence-corrected chi connectivity index (χ1v) is 11.5. The molecule has 10 heteroatoms. The van der Waals surface area contributed by atoms with Crippen molar-refractivity contribution in [3.63, 3.8) is 0 Å². The van der Waals surface area contributed by atoms with Crippen molar-refractivity contribution in [2.45, 2.75) is 58.2 Å². The van der Waals surface area contributed by atoms with E-state index in [0.29, 0.717) is 52.9 Å². The summed E-state index contributed by atoms with van der Waals surface area (Å²) < 4.78 is 15.4. The largest absolute Gasteiger partial charge is 0.401 e. The normalized spacial score (nSPS) is 18.4. The van der Waals surface area contributed by atoms with Gasteiger partial charge in [0, 0.05) is 35.6 Å². The molecule has 0 amide bonds. The van der Waals surface area contributed by atoms with Crippen LogP contribution < -0.4 is 21.9 Å². The van der Waals surface area contributed by atoms with Crippen LogP contribution >= 0.6 is 0 Å². The fourth-order valence-corrected chi connectivity index (χ4v) is 4.07. The number of halogens is 1. The Morgan fingerprint density at radius 3 is 2.85 bits per heavy atom. The Bertz CT molecular complexity index is 1230. The minimum Gasteiger partial charge on any atom is -0.401 e. The molecule has 2 atom stereocenters. The van der Waals surface area contributed by atoms with Gasteiger partial charge in [-0.1, -0.05) is 13.8 Å². The zero-order valence-electron chi connectivity index (χ0n) is 19.4. The van der Waals surface area contributed by atoms with Gasteiger partial charge in [-0.3, -0.25) is 5.01 Å². The van der Waals surface area contributed by atoms with E-state index < -0.39 is 6.17 Å². The van der Waals surface area contributed by atoms with Crippen LogP contribution in [0.3, 0.4) is 0 Å².